The van der Waals surface area contributed by atoms with E-state index < -0.39 is 48.4 Å². The summed E-state index contributed by atoms with van der Waals surface area (Å²) in [6.07, 6.45) is 0. The van der Waals surface area contributed by atoms with E-state index in [9.17, 15) is 30.0 Å². The van der Waals surface area contributed by atoms with Crippen molar-refractivity contribution in [1.82, 2.24) is 9.97 Å². The van der Waals surface area contributed by atoms with Crippen LogP contribution >= 0.6 is 0 Å². The smallest absolute Gasteiger partial charge is 0.435 e. The molecular weight excluding hydrogens is 524 g/mol. The zero-order valence-corrected chi connectivity index (χ0v) is 21.5. The molecule has 0 bridgehead atoms. The van der Waals surface area contributed by atoms with Crippen molar-refractivity contribution >= 4 is 43.5 Å². The summed E-state index contributed by atoms with van der Waals surface area (Å²) in [6, 6.07) is 5.19. The lowest BCUT2D eigenvalue weighted by molar-refractivity contribution is -0.0436. The van der Waals surface area contributed by atoms with Crippen LogP contribution in [0.1, 0.15) is 34.6 Å². The highest BCUT2D eigenvalue weighted by Gasteiger charge is 2.52. The third-order valence-corrected chi connectivity index (χ3v) is 9.51. The number of pyridine rings is 1. The molecule has 0 radical (unpaired) electrons. The Morgan fingerprint density at radius 2 is 1.56 bits per heavy atom. The Morgan fingerprint density at radius 1 is 0.944 bits per heavy atom. The fraction of sp³-hybridized carbons (Fsp3) is 0.429. The molecule has 9 nitrogen and oxygen atoms in total. The number of rotatable bonds is 5. The molecule has 0 unspecified atom stereocenters. The van der Waals surface area contributed by atoms with Gasteiger partial charge < -0.3 is 13.7 Å². The van der Waals surface area contributed by atoms with Crippen LogP contribution in [0.5, 0.6) is 0 Å². The van der Waals surface area contributed by atoms with Gasteiger partial charge in [-0.25, -0.2) is 21.8 Å². The standard InChI is InChI=1S/C21H22BF3N2O7S2/c1-6-35(28,29)15-9-10-16(22-33-19(2,3)20(4,5)34-22)27-17(15)18-26-13-11-12(7-8-14(13)32-18)36(30,31)21(23,24)25/h7-11H,6H2,1-5H3. The van der Waals surface area contributed by atoms with E-state index in [2.05, 4.69) is 9.97 Å². The van der Waals surface area contributed by atoms with Crippen LogP contribution in [0.25, 0.3) is 22.7 Å². The molecule has 194 valence electrons. The average molecular weight is 546 g/mol. The maximum atomic E-state index is 13.0. The molecule has 3 aromatic rings. The molecule has 2 aromatic heterocycles. The molecule has 1 aliphatic heterocycles. The molecule has 0 amide bonds. The molecule has 1 aromatic carbocycles. The van der Waals surface area contributed by atoms with Crippen molar-refractivity contribution in [2.45, 2.75) is 61.1 Å². The van der Waals surface area contributed by atoms with Crippen molar-refractivity contribution in [2.75, 3.05) is 5.75 Å². The summed E-state index contributed by atoms with van der Waals surface area (Å²) in [5, 5.41) is 0. The van der Waals surface area contributed by atoms with Gasteiger partial charge in [0.25, 0.3) is 9.84 Å². The lowest BCUT2D eigenvalue weighted by atomic mass is 9.84. The number of hydrogen-bond acceptors (Lipinski definition) is 9. The molecule has 0 saturated carbocycles. The maximum Gasteiger partial charge on any atom is 0.514 e. The molecule has 1 saturated heterocycles. The van der Waals surface area contributed by atoms with E-state index in [1.807, 2.05) is 27.7 Å². The number of nitrogens with zero attached hydrogens (tertiary/aromatic N) is 2. The number of aromatic nitrogens is 2. The topological polar surface area (TPSA) is 126 Å². The van der Waals surface area contributed by atoms with Crippen molar-refractivity contribution in [3.8, 4) is 11.6 Å². The number of fused-ring (bicyclic) bond motifs is 1. The van der Waals surface area contributed by atoms with Gasteiger partial charge >= 0.3 is 12.6 Å². The van der Waals surface area contributed by atoms with Gasteiger partial charge in [-0.1, -0.05) is 6.92 Å². The van der Waals surface area contributed by atoms with E-state index >= 15 is 0 Å². The van der Waals surface area contributed by atoms with E-state index in [-0.39, 0.29) is 38.9 Å². The first-order valence-electron chi connectivity index (χ1n) is 10.7. The molecular formula is C21H22BF3N2O7S2. The van der Waals surface area contributed by atoms with E-state index in [4.69, 9.17) is 13.7 Å². The molecule has 0 aliphatic carbocycles. The van der Waals surface area contributed by atoms with Crippen LogP contribution in [0.2, 0.25) is 0 Å². The van der Waals surface area contributed by atoms with Crippen molar-refractivity contribution in [1.29, 1.82) is 0 Å². The fourth-order valence-electron chi connectivity index (χ4n) is 3.43. The van der Waals surface area contributed by atoms with Crippen molar-refractivity contribution in [3.63, 3.8) is 0 Å². The van der Waals surface area contributed by atoms with Crippen LogP contribution in [0.3, 0.4) is 0 Å². The molecule has 1 aliphatic rings. The molecule has 15 heteroatoms. The highest BCUT2D eigenvalue weighted by atomic mass is 32.2. The van der Waals surface area contributed by atoms with Gasteiger partial charge in [0.1, 0.15) is 11.2 Å². The molecule has 0 atom stereocenters. The Kier molecular flexibility index (Phi) is 6.10. The minimum absolute atomic E-state index is 0.0613. The Hall–Kier alpha value is -2.49. The van der Waals surface area contributed by atoms with E-state index in [0.717, 1.165) is 12.1 Å². The number of sulfone groups is 2. The van der Waals surface area contributed by atoms with E-state index in [1.54, 1.807) is 0 Å². The van der Waals surface area contributed by atoms with Gasteiger partial charge in [0.2, 0.25) is 5.89 Å². The second kappa shape index (κ2) is 8.26. The first-order valence-corrected chi connectivity index (χ1v) is 13.8. The molecule has 0 spiro atoms. The second-order valence-corrected chi connectivity index (χ2v) is 13.4. The molecule has 3 heterocycles. The quantitative estimate of drug-likeness (QED) is 0.444. The Bertz CT molecular complexity index is 1550. The monoisotopic (exact) mass is 546 g/mol. The van der Waals surface area contributed by atoms with Gasteiger partial charge in [-0.15, -0.1) is 0 Å². The summed E-state index contributed by atoms with van der Waals surface area (Å²) < 4.78 is 106. The highest BCUT2D eigenvalue weighted by molar-refractivity contribution is 7.92. The third kappa shape index (κ3) is 4.31. The fourth-order valence-corrected chi connectivity index (χ4v) is 5.22. The first-order chi connectivity index (χ1) is 16.4. The summed E-state index contributed by atoms with van der Waals surface area (Å²) in [5.41, 5.74) is -7.18. The minimum Gasteiger partial charge on any atom is -0.435 e. The second-order valence-electron chi connectivity index (χ2n) is 9.17. The van der Waals surface area contributed by atoms with Gasteiger partial charge in [0, 0.05) is 0 Å². The molecule has 4 rings (SSSR count). The third-order valence-electron chi connectivity index (χ3n) is 6.27. The van der Waals surface area contributed by atoms with Gasteiger partial charge in [0.15, 0.2) is 15.4 Å². The zero-order chi connectivity index (χ0) is 26.9. The van der Waals surface area contributed by atoms with Crippen LogP contribution in [-0.2, 0) is 29.0 Å². The van der Waals surface area contributed by atoms with Gasteiger partial charge in [0.05, 0.1) is 32.3 Å². The van der Waals surface area contributed by atoms with Crippen molar-refractivity contribution in [3.05, 3.63) is 30.3 Å². The molecule has 0 N–H and O–H groups in total. The van der Waals surface area contributed by atoms with Gasteiger partial charge in [-0.05, 0) is 58.0 Å². The summed E-state index contributed by atoms with van der Waals surface area (Å²) >= 11 is 0. The normalized spacial score (nSPS) is 18.2. The Balaban J connectivity index is 1.87. The largest absolute Gasteiger partial charge is 0.514 e. The predicted molar refractivity (Wildman–Crippen MR) is 124 cm³/mol. The highest BCUT2D eigenvalue weighted by Crippen LogP contribution is 2.37. The Morgan fingerprint density at radius 3 is 2.11 bits per heavy atom. The predicted octanol–water partition coefficient (Wildman–Crippen LogP) is 3.28. The number of oxazole rings is 1. The first kappa shape index (κ1) is 26.6. The lowest BCUT2D eigenvalue weighted by Gasteiger charge is -2.32. The summed E-state index contributed by atoms with van der Waals surface area (Å²) in [7, 11) is -10.4. The van der Waals surface area contributed by atoms with Gasteiger partial charge in [-0.3, -0.25) is 4.98 Å². The molecule has 36 heavy (non-hydrogen) atoms. The van der Waals surface area contributed by atoms with E-state index in [1.165, 1.54) is 19.1 Å². The Labute approximate surface area is 206 Å². The van der Waals surface area contributed by atoms with Crippen LogP contribution in [0, 0.1) is 0 Å². The van der Waals surface area contributed by atoms with Gasteiger partial charge in [-0.2, -0.15) is 13.2 Å². The zero-order valence-electron chi connectivity index (χ0n) is 19.9. The number of halogens is 3. The summed E-state index contributed by atoms with van der Waals surface area (Å²) in [6.45, 7) is 8.75. The number of benzene rings is 1. The van der Waals surface area contributed by atoms with E-state index in [0.29, 0.717) is 6.07 Å². The van der Waals surface area contributed by atoms with Crippen LogP contribution in [0.4, 0.5) is 13.2 Å². The minimum atomic E-state index is -5.62. The van der Waals surface area contributed by atoms with Crippen LogP contribution in [0.15, 0.2) is 44.5 Å². The van der Waals surface area contributed by atoms with Crippen molar-refractivity contribution in [2.24, 2.45) is 0 Å². The van der Waals surface area contributed by atoms with Crippen LogP contribution in [-0.4, -0.2) is 56.4 Å². The maximum absolute atomic E-state index is 13.0. The summed E-state index contributed by atoms with van der Waals surface area (Å²) in [5.74, 6) is -0.594. The van der Waals surface area contributed by atoms with Crippen LogP contribution < -0.4 is 5.59 Å². The summed E-state index contributed by atoms with van der Waals surface area (Å²) in [4.78, 5) is 7.21. The number of hydrogen-bond donors (Lipinski definition) is 0. The number of alkyl halides is 3. The lowest BCUT2D eigenvalue weighted by Crippen LogP contribution is -2.41. The SMILES string of the molecule is CCS(=O)(=O)c1ccc(B2OC(C)(C)C(C)(C)O2)nc1-c1nc2cc(S(=O)(=O)C(F)(F)F)ccc2o1. The van der Waals surface area contributed by atoms with Crippen molar-refractivity contribution < 1.29 is 43.7 Å². The molecule has 1 fully saturated rings. The average Bonchev–Trinajstić information content (AvgIpc) is 3.29.